The molecule has 0 saturated heterocycles. The molecule has 1 atom stereocenters. The number of rotatable bonds is 9. The molecule has 0 aliphatic heterocycles. The first-order valence-corrected chi connectivity index (χ1v) is 7.88. The van der Waals surface area contributed by atoms with Crippen molar-refractivity contribution in [2.24, 2.45) is 0 Å². The Labute approximate surface area is 129 Å². The van der Waals surface area contributed by atoms with Crippen LogP contribution in [0.15, 0.2) is 4.52 Å². The van der Waals surface area contributed by atoms with Gasteiger partial charge in [0.25, 0.3) is 0 Å². The van der Waals surface area contributed by atoms with Crippen molar-refractivity contribution in [1.29, 1.82) is 0 Å². The fourth-order valence-corrected chi connectivity index (χ4v) is 2.44. The van der Waals surface area contributed by atoms with Gasteiger partial charge in [0.1, 0.15) is 6.04 Å². The van der Waals surface area contributed by atoms with E-state index in [2.05, 4.69) is 10.1 Å². The fraction of sp³-hybridized carbons (Fsp3) is 0.733. The van der Waals surface area contributed by atoms with E-state index in [4.69, 9.17) is 9.63 Å². The molecule has 0 aromatic carbocycles. The zero-order valence-corrected chi connectivity index (χ0v) is 13.1. The molecule has 0 bridgehead atoms. The largest absolute Gasteiger partial charge is 0.480 e. The number of aromatic nitrogens is 2. The molecule has 122 valence electrons. The minimum Gasteiger partial charge on any atom is -0.480 e. The van der Waals surface area contributed by atoms with Gasteiger partial charge in [0.2, 0.25) is 11.8 Å². The second-order valence-corrected chi connectivity index (χ2v) is 5.75. The van der Waals surface area contributed by atoms with Crippen LogP contribution in [0.5, 0.6) is 0 Å². The fourth-order valence-electron chi connectivity index (χ4n) is 2.44. The number of aliphatic carboxylic acids is 1. The van der Waals surface area contributed by atoms with Gasteiger partial charge in [-0.05, 0) is 32.6 Å². The quantitative estimate of drug-likeness (QED) is 0.747. The van der Waals surface area contributed by atoms with E-state index in [1.807, 2.05) is 6.92 Å². The molecule has 1 aromatic heterocycles. The number of amides is 1. The van der Waals surface area contributed by atoms with Crippen molar-refractivity contribution < 1.29 is 19.2 Å². The molecule has 1 N–H and O–H groups in total. The molecule has 2 rings (SSSR count). The minimum absolute atomic E-state index is 0.0955. The lowest BCUT2D eigenvalue weighted by Gasteiger charge is -2.26. The molecule has 7 nitrogen and oxygen atoms in total. The van der Waals surface area contributed by atoms with E-state index in [1.54, 1.807) is 6.92 Å². The summed E-state index contributed by atoms with van der Waals surface area (Å²) in [6.45, 7) is 3.61. The van der Waals surface area contributed by atoms with Gasteiger partial charge in [0.05, 0.1) is 0 Å². The third-order valence-corrected chi connectivity index (χ3v) is 3.77. The second-order valence-electron chi connectivity index (χ2n) is 5.75. The number of carbonyl (C=O) groups is 2. The van der Waals surface area contributed by atoms with Gasteiger partial charge in [-0.3, -0.25) is 4.79 Å². The molecule has 0 radical (unpaired) electrons. The molecule has 7 heteroatoms. The molecule has 1 aromatic rings. The summed E-state index contributed by atoms with van der Waals surface area (Å²) in [7, 11) is 0. The highest BCUT2D eigenvalue weighted by Gasteiger charge is 2.37. The maximum Gasteiger partial charge on any atom is 0.326 e. The van der Waals surface area contributed by atoms with Crippen LogP contribution in [-0.4, -0.2) is 44.1 Å². The van der Waals surface area contributed by atoms with Crippen LogP contribution in [0.2, 0.25) is 0 Å². The lowest BCUT2D eigenvalue weighted by Crippen LogP contribution is -2.44. The summed E-state index contributed by atoms with van der Waals surface area (Å²) in [5, 5.41) is 13.0. The normalized spacial score (nSPS) is 15.5. The van der Waals surface area contributed by atoms with Crippen molar-refractivity contribution in [1.82, 2.24) is 15.0 Å². The Bertz CT molecular complexity index is 525. The van der Waals surface area contributed by atoms with Gasteiger partial charge in [0.15, 0.2) is 5.82 Å². The molecule has 0 spiro atoms. The topological polar surface area (TPSA) is 96.5 Å². The molecule has 1 unspecified atom stereocenters. The van der Waals surface area contributed by atoms with Crippen LogP contribution >= 0.6 is 0 Å². The summed E-state index contributed by atoms with van der Waals surface area (Å²) in [5.74, 6) is 0.176. The van der Waals surface area contributed by atoms with E-state index in [0.717, 1.165) is 25.7 Å². The van der Waals surface area contributed by atoms with Crippen molar-refractivity contribution in [2.45, 2.75) is 70.9 Å². The van der Waals surface area contributed by atoms with Crippen LogP contribution in [0, 0.1) is 0 Å². The predicted octanol–water partition coefficient (Wildman–Crippen LogP) is 1.81. The van der Waals surface area contributed by atoms with Crippen LogP contribution < -0.4 is 0 Å². The monoisotopic (exact) mass is 309 g/mol. The number of carboxylic acids is 1. The van der Waals surface area contributed by atoms with Gasteiger partial charge < -0.3 is 14.5 Å². The summed E-state index contributed by atoms with van der Waals surface area (Å²) in [6, 6.07) is -0.669. The third-order valence-electron chi connectivity index (χ3n) is 3.77. The van der Waals surface area contributed by atoms with Gasteiger partial charge in [-0.15, -0.1) is 0 Å². The highest BCUT2D eigenvalue weighted by molar-refractivity contribution is 5.83. The van der Waals surface area contributed by atoms with E-state index in [1.165, 1.54) is 4.90 Å². The smallest absolute Gasteiger partial charge is 0.326 e. The summed E-state index contributed by atoms with van der Waals surface area (Å²) in [6.07, 6.45) is 4.97. The molecular formula is C15H23N3O4. The number of nitrogens with zero attached hydrogens (tertiary/aromatic N) is 3. The van der Waals surface area contributed by atoms with Gasteiger partial charge in [-0.25, -0.2) is 4.79 Å². The molecule has 1 aliphatic rings. The Morgan fingerprint density at radius 2 is 2.14 bits per heavy atom. The Hall–Kier alpha value is -1.92. The van der Waals surface area contributed by atoms with Crippen LogP contribution in [0.25, 0.3) is 0 Å². The third kappa shape index (κ3) is 4.29. The average molecular weight is 309 g/mol. The number of hydrogen-bond donors (Lipinski definition) is 1. The molecule has 1 amide bonds. The van der Waals surface area contributed by atoms with Crippen molar-refractivity contribution >= 4 is 11.9 Å². The van der Waals surface area contributed by atoms with Gasteiger partial charge >= 0.3 is 5.97 Å². The zero-order chi connectivity index (χ0) is 16.1. The summed E-state index contributed by atoms with van der Waals surface area (Å²) >= 11 is 0. The van der Waals surface area contributed by atoms with Gasteiger partial charge in [0, 0.05) is 25.3 Å². The Morgan fingerprint density at radius 1 is 1.41 bits per heavy atom. The minimum atomic E-state index is -0.957. The molecule has 1 heterocycles. The molecular weight excluding hydrogens is 286 g/mol. The van der Waals surface area contributed by atoms with Crippen molar-refractivity contribution in [3.63, 3.8) is 0 Å². The lowest BCUT2D eigenvalue weighted by atomic mass is 10.2. The van der Waals surface area contributed by atoms with E-state index < -0.39 is 12.0 Å². The summed E-state index contributed by atoms with van der Waals surface area (Å²) in [4.78, 5) is 29.1. The second kappa shape index (κ2) is 7.38. The molecule has 1 aliphatic carbocycles. The van der Waals surface area contributed by atoms with E-state index >= 15 is 0 Å². The average Bonchev–Trinajstić information content (AvgIpc) is 3.20. The van der Waals surface area contributed by atoms with Gasteiger partial charge in [-0.1, -0.05) is 12.1 Å². The molecule has 1 fully saturated rings. The van der Waals surface area contributed by atoms with Crippen molar-refractivity contribution in [3.8, 4) is 0 Å². The highest BCUT2D eigenvalue weighted by Crippen LogP contribution is 2.29. The number of carbonyl (C=O) groups excluding carboxylic acids is 1. The van der Waals surface area contributed by atoms with Crippen LogP contribution in [0.1, 0.15) is 57.7 Å². The highest BCUT2D eigenvalue weighted by atomic mass is 16.5. The van der Waals surface area contributed by atoms with Crippen LogP contribution in [0.3, 0.4) is 0 Å². The van der Waals surface area contributed by atoms with Crippen LogP contribution in [-0.2, 0) is 22.4 Å². The Kier molecular flexibility index (Phi) is 5.51. The van der Waals surface area contributed by atoms with Gasteiger partial charge in [-0.2, -0.15) is 4.98 Å². The summed E-state index contributed by atoms with van der Waals surface area (Å²) < 4.78 is 5.12. The standard InChI is InChI=1S/C15H23N3O4/c1-3-5-12-16-13(22-17-12)6-4-7-14(19)18(11-8-9-11)10(2)15(20)21/h10-11H,3-9H2,1-2H3,(H,20,21). The number of carboxylic acid groups (broad SMARTS) is 1. The summed E-state index contributed by atoms with van der Waals surface area (Å²) in [5.41, 5.74) is 0. The predicted molar refractivity (Wildman–Crippen MR) is 78.2 cm³/mol. The van der Waals surface area contributed by atoms with E-state index in [-0.39, 0.29) is 11.9 Å². The lowest BCUT2D eigenvalue weighted by molar-refractivity contribution is -0.150. The van der Waals surface area contributed by atoms with Crippen molar-refractivity contribution in [3.05, 3.63) is 11.7 Å². The maximum absolute atomic E-state index is 12.3. The van der Waals surface area contributed by atoms with E-state index in [0.29, 0.717) is 31.0 Å². The Morgan fingerprint density at radius 3 is 2.73 bits per heavy atom. The SMILES string of the molecule is CCCc1noc(CCCC(=O)N(C2CC2)C(C)C(=O)O)n1. The molecule has 22 heavy (non-hydrogen) atoms. The zero-order valence-electron chi connectivity index (χ0n) is 13.1. The molecule has 1 saturated carbocycles. The Balaban J connectivity index is 1.81. The first-order chi connectivity index (χ1) is 10.5. The number of aryl methyl sites for hydroxylation is 2. The number of hydrogen-bond acceptors (Lipinski definition) is 5. The van der Waals surface area contributed by atoms with E-state index in [9.17, 15) is 9.59 Å². The maximum atomic E-state index is 12.3. The van der Waals surface area contributed by atoms with Crippen molar-refractivity contribution in [2.75, 3.05) is 0 Å². The first-order valence-electron chi connectivity index (χ1n) is 7.88. The first kappa shape index (κ1) is 16.5. The van der Waals surface area contributed by atoms with Crippen LogP contribution in [0.4, 0.5) is 0 Å².